The molecule has 2 aromatic heterocycles. The molecule has 0 radical (unpaired) electrons. The monoisotopic (exact) mass is 278 g/mol. The standard InChI is InChI=1S/C15H22N2OS/c1-3-8-16-9-5-6-14-17-11-13(18-14)15-12(4-2)7-10-19-15/h7,10-11,16H,3-6,8-9H2,1-2H3. The van der Waals surface area contributed by atoms with Crippen LogP contribution >= 0.6 is 11.3 Å². The molecule has 0 unspecified atom stereocenters. The minimum atomic E-state index is 0.851. The Kier molecular flexibility index (Phi) is 5.61. The molecule has 0 atom stereocenters. The van der Waals surface area contributed by atoms with Crippen molar-refractivity contribution in [2.45, 2.75) is 39.5 Å². The summed E-state index contributed by atoms with van der Waals surface area (Å²) in [5, 5.41) is 5.51. The van der Waals surface area contributed by atoms with E-state index in [4.69, 9.17) is 4.42 Å². The number of nitrogens with one attached hydrogen (secondary N) is 1. The van der Waals surface area contributed by atoms with Gasteiger partial charge in [-0.15, -0.1) is 11.3 Å². The summed E-state index contributed by atoms with van der Waals surface area (Å²) >= 11 is 1.73. The zero-order valence-electron chi connectivity index (χ0n) is 11.7. The summed E-state index contributed by atoms with van der Waals surface area (Å²) in [4.78, 5) is 5.60. The van der Waals surface area contributed by atoms with E-state index in [1.165, 1.54) is 16.9 Å². The highest BCUT2D eigenvalue weighted by molar-refractivity contribution is 7.13. The lowest BCUT2D eigenvalue weighted by molar-refractivity contribution is 0.492. The molecule has 0 aliphatic carbocycles. The smallest absolute Gasteiger partial charge is 0.194 e. The molecule has 0 saturated carbocycles. The van der Waals surface area contributed by atoms with Gasteiger partial charge in [0, 0.05) is 6.42 Å². The van der Waals surface area contributed by atoms with E-state index in [1.807, 2.05) is 6.20 Å². The Hall–Kier alpha value is -1.13. The number of aryl methyl sites for hydroxylation is 2. The summed E-state index contributed by atoms with van der Waals surface area (Å²) in [6.07, 6.45) is 6.06. The van der Waals surface area contributed by atoms with Crippen LogP contribution in [0.2, 0.25) is 0 Å². The van der Waals surface area contributed by atoms with Crippen LogP contribution in [0.4, 0.5) is 0 Å². The summed E-state index contributed by atoms with van der Waals surface area (Å²) in [5.74, 6) is 1.77. The number of thiophene rings is 1. The molecular weight excluding hydrogens is 256 g/mol. The van der Waals surface area contributed by atoms with Crippen molar-refractivity contribution in [1.29, 1.82) is 0 Å². The van der Waals surface area contributed by atoms with Gasteiger partial charge in [0.15, 0.2) is 11.7 Å². The van der Waals surface area contributed by atoms with Gasteiger partial charge < -0.3 is 9.73 Å². The van der Waals surface area contributed by atoms with Gasteiger partial charge in [-0.3, -0.25) is 0 Å². The van der Waals surface area contributed by atoms with Gasteiger partial charge in [0.05, 0.1) is 11.1 Å². The molecule has 104 valence electrons. The lowest BCUT2D eigenvalue weighted by Gasteiger charge is -2.00. The highest BCUT2D eigenvalue weighted by Crippen LogP contribution is 2.30. The van der Waals surface area contributed by atoms with E-state index in [1.54, 1.807) is 11.3 Å². The number of aromatic nitrogens is 1. The number of rotatable bonds is 8. The van der Waals surface area contributed by atoms with Crippen LogP contribution in [0.3, 0.4) is 0 Å². The minimum Gasteiger partial charge on any atom is -0.440 e. The van der Waals surface area contributed by atoms with Crippen molar-refractivity contribution in [3.63, 3.8) is 0 Å². The quantitative estimate of drug-likeness (QED) is 0.744. The molecular formula is C15H22N2OS. The largest absolute Gasteiger partial charge is 0.440 e. The van der Waals surface area contributed by atoms with E-state index in [0.717, 1.165) is 44.0 Å². The van der Waals surface area contributed by atoms with Crippen LogP contribution in [0.5, 0.6) is 0 Å². The topological polar surface area (TPSA) is 38.1 Å². The molecule has 0 saturated heterocycles. The Morgan fingerprint density at radius 3 is 3.00 bits per heavy atom. The van der Waals surface area contributed by atoms with Crippen molar-refractivity contribution in [3.8, 4) is 10.6 Å². The SMILES string of the molecule is CCCNCCCc1ncc(-c2sccc2CC)o1. The molecule has 0 aliphatic heterocycles. The zero-order chi connectivity index (χ0) is 13.5. The summed E-state index contributed by atoms with van der Waals surface area (Å²) in [5.41, 5.74) is 1.34. The Morgan fingerprint density at radius 2 is 2.21 bits per heavy atom. The van der Waals surface area contributed by atoms with Gasteiger partial charge in [0.2, 0.25) is 0 Å². The van der Waals surface area contributed by atoms with E-state index in [2.05, 4.69) is 35.6 Å². The molecule has 0 fully saturated rings. The predicted octanol–water partition coefficient (Wildman–Crippen LogP) is 3.90. The van der Waals surface area contributed by atoms with Crippen molar-refractivity contribution in [2.75, 3.05) is 13.1 Å². The number of oxazole rings is 1. The first-order valence-corrected chi connectivity index (χ1v) is 7.95. The average Bonchev–Trinajstić information content (AvgIpc) is 3.06. The third kappa shape index (κ3) is 3.91. The molecule has 0 amide bonds. The van der Waals surface area contributed by atoms with Gasteiger partial charge in [-0.05, 0) is 49.4 Å². The van der Waals surface area contributed by atoms with Crippen LogP contribution in [0.25, 0.3) is 10.6 Å². The molecule has 0 aliphatic rings. The van der Waals surface area contributed by atoms with Crippen molar-refractivity contribution >= 4 is 11.3 Å². The average molecular weight is 278 g/mol. The van der Waals surface area contributed by atoms with Gasteiger partial charge in [0.1, 0.15) is 0 Å². The highest BCUT2D eigenvalue weighted by atomic mass is 32.1. The van der Waals surface area contributed by atoms with Gasteiger partial charge in [-0.2, -0.15) is 0 Å². The fourth-order valence-corrected chi connectivity index (χ4v) is 2.97. The molecule has 4 heteroatoms. The Morgan fingerprint density at radius 1 is 1.32 bits per heavy atom. The maximum Gasteiger partial charge on any atom is 0.194 e. The van der Waals surface area contributed by atoms with E-state index in [0.29, 0.717) is 0 Å². The molecule has 19 heavy (non-hydrogen) atoms. The second-order valence-corrected chi connectivity index (χ2v) is 5.52. The van der Waals surface area contributed by atoms with Crippen molar-refractivity contribution in [3.05, 3.63) is 29.1 Å². The first kappa shape index (κ1) is 14.3. The van der Waals surface area contributed by atoms with Gasteiger partial charge >= 0.3 is 0 Å². The summed E-state index contributed by atoms with van der Waals surface area (Å²) in [6, 6.07) is 2.16. The maximum atomic E-state index is 5.85. The highest BCUT2D eigenvalue weighted by Gasteiger charge is 2.11. The minimum absolute atomic E-state index is 0.851. The van der Waals surface area contributed by atoms with Crippen molar-refractivity contribution in [1.82, 2.24) is 10.3 Å². The summed E-state index contributed by atoms with van der Waals surface area (Å²) in [6.45, 7) is 6.47. The van der Waals surface area contributed by atoms with Crippen LogP contribution in [0.1, 0.15) is 38.1 Å². The normalized spacial score (nSPS) is 11.1. The van der Waals surface area contributed by atoms with E-state index in [-0.39, 0.29) is 0 Å². The van der Waals surface area contributed by atoms with Crippen LogP contribution in [0.15, 0.2) is 22.1 Å². The Bertz CT molecular complexity index is 490. The second kappa shape index (κ2) is 7.46. The molecule has 0 aromatic carbocycles. The van der Waals surface area contributed by atoms with Crippen LogP contribution in [-0.2, 0) is 12.8 Å². The van der Waals surface area contributed by atoms with Crippen LogP contribution in [0, 0.1) is 0 Å². The molecule has 2 rings (SSSR count). The van der Waals surface area contributed by atoms with Crippen molar-refractivity contribution in [2.24, 2.45) is 0 Å². The number of hydrogen-bond acceptors (Lipinski definition) is 4. The van der Waals surface area contributed by atoms with E-state index >= 15 is 0 Å². The second-order valence-electron chi connectivity index (χ2n) is 4.60. The Balaban J connectivity index is 1.88. The molecule has 0 bridgehead atoms. The lowest BCUT2D eigenvalue weighted by atomic mass is 10.2. The number of hydrogen-bond donors (Lipinski definition) is 1. The fourth-order valence-electron chi connectivity index (χ4n) is 2.03. The molecule has 3 nitrogen and oxygen atoms in total. The van der Waals surface area contributed by atoms with Gasteiger partial charge in [-0.1, -0.05) is 13.8 Å². The third-order valence-electron chi connectivity index (χ3n) is 3.08. The third-order valence-corrected chi connectivity index (χ3v) is 4.05. The van der Waals surface area contributed by atoms with Crippen LogP contribution < -0.4 is 5.32 Å². The molecule has 2 heterocycles. The summed E-state index contributed by atoms with van der Waals surface area (Å²) in [7, 11) is 0. The van der Waals surface area contributed by atoms with E-state index < -0.39 is 0 Å². The predicted molar refractivity (Wildman–Crippen MR) is 80.7 cm³/mol. The maximum absolute atomic E-state index is 5.85. The van der Waals surface area contributed by atoms with Gasteiger partial charge in [0.25, 0.3) is 0 Å². The fraction of sp³-hybridized carbons (Fsp3) is 0.533. The molecule has 0 spiro atoms. The zero-order valence-corrected chi connectivity index (χ0v) is 12.6. The van der Waals surface area contributed by atoms with Gasteiger partial charge in [-0.25, -0.2) is 4.98 Å². The molecule has 1 N–H and O–H groups in total. The number of nitrogens with zero attached hydrogens (tertiary/aromatic N) is 1. The van der Waals surface area contributed by atoms with Crippen LogP contribution in [-0.4, -0.2) is 18.1 Å². The summed E-state index contributed by atoms with van der Waals surface area (Å²) < 4.78 is 5.85. The first-order chi connectivity index (χ1) is 9.35. The first-order valence-electron chi connectivity index (χ1n) is 7.07. The van der Waals surface area contributed by atoms with E-state index in [9.17, 15) is 0 Å². The van der Waals surface area contributed by atoms with Crippen molar-refractivity contribution < 1.29 is 4.42 Å². The molecule has 2 aromatic rings. The Labute approximate surface area is 119 Å². The lowest BCUT2D eigenvalue weighted by Crippen LogP contribution is -2.16.